The quantitative estimate of drug-likeness (QED) is 0.229. The second-order valence-electron chi connectivity index (χ2n) is 6.69. The molecule has 0 unspecified atom stereocenters. The normalized spacial score (nSPS) is 14.6. The van der Waals surface area contributed by atoms with Crippen LogP contribution >= 0.6 is 0 Å². The fourth-order valence-corrected chi connectivity index (χ4v) is 3.18. The molecule has 0 radical (unpaired) electrons. The molecule has 0 bridgehead atoms. The molecule has 2 aromatic carbocycles. The first-order valence-corrected chi connectivity index (χ1v) is 8.85. The summed E-state index contributed by atoms with van der Waals surface area (Å²) in [7, 11) is 0. The predicted octanol–water partition coefficient (Wildman–Crippen LogP) is 2.03. The van der Waals surface area contributed by atoms with Crippen LogP contribution in [0.5, 0.6) is 11.5 Å². The highest BCUT2D eigenvalue weighted by atomic mass is 16.4. The zero-order valence-corrected chi connectivity index (χ0v) is 16.1. The van der Waals surface area contributed by atoms with E-state index in [1.54, 1.807) is 0 Å². The number of aromatic carboxylic acids is 2. The van der Waals surface area contributed by atoms with E-state index in [9.17, 15) is 44.7 Å². The topological polar surface area (TPSA) is 195 Å². The number of nitrogen functional groups attached to an aromatic ring is 1. The number of ketones is 1. The Morgan fingerprint density at radius 1 is 0.781 bits per heavy atom. The Hall–Kier alpha value is -4.86. The van der Waals surface area contributed by atoms with E-state index in [-0.39, 0.29) is 28.0 Å². The highest BCUT2D eigenvalue weighted by molar-refractivity contribution is 6.23. The van der Waals surface area contributed by atoms with Crippen molar-refractivity contribution in [2.24, 2.45) is 0 Å². The lowest BCUT2D eigenvalue weighted by molar-refractivity contribution is -0.134. The monoisotopic (exact) mass is 437 g/mol. The van der Waals surface area contributed by atoms with Crippen LogP contribution in [0.15, 0.2) is 59.7 Å². The number of hydrogen-bond donors (Lipinski definition) is 6. The fourth-order valence-electron chi connectivity index (χ4n) is 3.18. The zero-order chi connectivity index (χ0) is 23.7. The van der Waals surface area contributed by atoms with E-state index in [0.29, 0.717) is 0 Å². The Balaban J connectivity index is 2.42. The molecule has 0 fully saturated rings. The predicted molar refractivity (Wildman–Crippen MR) is 110 cm³/mol. The largest absolute Gasteiger partial charge is 0.507 e. The Kier molecular flexibility index (Phi) is 5.53. The maximum atomic E-state index is 11.9. The zero-order valence-electron chi connectivity index (χ0n) is 16.1. The number of phenols is 2. The van der Waals surface area contributed by atoms with E-state index in [1.165, 1.54) is 18.2 Å². The maximum Gasteiger partial charge on any atom is 0.339 e. The average molecular weight is 437 g/mol. The van der Waals surface area contributed by atoms with Gasteiger partial charge in [0.05, 0.1) is 5.69 Å². The van der Waals surface area contributed by atoms with Gasteiger partial charge in [-0.05, 0) is 58.7 Å². The third-order valence-corrected chi connectivity index (χ3v) is 4.67. The van der Waals surface area contributed by atoms with Crippen LogP contribution in [0.4, 0.5) is 5.69 Å². The lowest BCUT2D eigenvalue weighted by Gasteiger charge is -2.17. The van der Waals surface area contributed by atoms with Gasteiger partial charge in [-0.25, -0.2) is 14.4 Å². The standard InChI is InChI=1S/C22H15NO9/c23-15-8-11(7-14(19(15)26)22(31)32)18(9-1-3-16(24)12(5-9)20(27)28)10-2-4-17(25)13(6-10)21(29)30/h1-8,24,26H,23H2,(H,27,28)(H,29,30)(H,31,32)/b18-10-. The number of carboxylic acids is 3. The highest BCUT2D eigenvalue weighted by Crippen LogP contribution is 2.37. The molecular formula is C22H15NO9. The third kappa shape index (κ3) is 3.92. The lowest BCUT2D eigenvalue weighted by atomic mass is 9.87. The molecule has 1 aliphatic carbocycles. The Bertz CT molecular complexity index is 1300. The molecule has 1 aliphatic rings. The van der Waals surface area contributed by atoms with Gasteiger partial charge in [0.25, 0.3) is 0 Å². The number of aromatic hydroxyl groups is 2. The minimum atomic E-state index is -1.50. The first-order valence-electron chi connectivity index (χ1n) is 8.85. The molecule has 0 saturated carbocycles. The Morgan fingerprint density at radius 2 is 1.41 bits per heavy atom. The molecule has 0 aromatic heterocycles. The molecule has 0 amide bonds. The number of hydrogen-bond acceptors (Lipinski definition) is 7. The van der Waals surface area contributed by atoms with Crippen LogP contribution in [0.25, 0.3) is 5.57 Å². The van der Waals surface area contributed by atoms with E-state index in [0.717, 1.165) is 30.4 Å². The van der Waals surface area contributed by atoms with Gasteiger partial charge in [-0.2, -0.15) is 0 Å². The SMILES string of the molecule is Nc1cc(/C(=C2/C=CC(=O)C(C(=O)O)=C2)c2ccc(O)c(C(=O)O)c2)cc(C(=O)O)c1O. The molecule has 0 saturated heterocycles. The summed E-state index contributed by atoms with van der Waals surface area (Å²) in [5.41, 5.74) is 4.36. The summed E-state index contributed by atoms with van der Waals surface area (Å²) in [5, 5.41) is 47.9. The molecule has 7 N–H and O–H groups in total. The second kappa shape index (κ2) is 8.11. The first kappa shape index (κ1) is 21.8. The van der Waals surface area contributed by atoms with Gasteiger partial charge in [0.1, 0.15) is 22.4 Å². The number of benzene rings is 2. The van der Waals surface area contributed by atoms with Gasteiger partial charge in [-0.1, -0.05) is 12.1 Å². The fraction of sp³-hybridized carbons (Fsp3) is 0. The molecule has 10 nitrogen and oxygen atoms in total. The summed E-state index contributed by atoms with van der Waals surface area (Å²) >= 11 is 0. The summed E-state index contributed by atoms with van der Waals surface area (Å²) < 4.78 is 0. The van der Waals surface area contributed by atoms with Crippen molar-refractivity contribution in [1.82, 2.24) is 0 Å². The van der Waals surface area contributed by atoms with Crippen molar-refractivity contribution < 1.29 is 44.7 Å². The molecular weight excluding hydrogens is 422 g/mol. The molecule has 0 heterocycles. The lowest BCUT2D eigenvalue weighted by Crippen LogP contribution is -2.13. The van der Waals surface area contributed by atoms with E-state index in [1.807, 2.05) is 0 Å². The summed E-state index contributed by atoms with van der Waals surface area (Å²) in [6.45, 7) is 0. The first-order chi connectivity index (χ1) is 15.0. The van der Waals surface area contributed by atoms with E-state index < -0.39 is 51.9 Å². The Labute approximate surface area is 179 Å². The average Bonchev–Trinajstić information content (AvgIpc) is 2.72. The van der Waals surface area contributed by atoms with Crippen LogP contribution in [-0.4, -0.2) is 49.2 Å². The number of nitrogens with two attached hydrogens (primary N) is 1. The van der Waals surface area contributed by atoms with Crippen LogP contribution in [0.3, 0.4) is 0 Å². The number of carbonyl (C=O) groups is 4. The van der Waals surface area contributed by atoms with Crippen LogP contribution < -0.4 is 5.73 Å². The van der Waals surface area contributed by atoms with Gasteiger partial charge in [0, 0.05) is 0 Å². The minimum absolute atomic E-state index is 0.0923. The van der Waals surface area contributed by atoms with Crippen molar-refractivity contribution in [3.8, 4) is 11.5 Å². The van der Waals surface area contributed by atoms with Crippen molar-refractivity contribution in [3.63, 3.8) is 0 Å². The van der Waals surface area contributed by atoms with E-state index >= 15 is 0 Å². The van der Waals surface area contributed by atoms with E-state index in [2.05, 4.69) is 0 Å². The van der Waals surface area contributed by atoms with Gasteiger partial charge in [-0.3, -0.25) is 4.79 Å². The van der Waals surface area contributed by atoms with Gasteiger partial charge in [-0.15, -0.1) is 0 Å². The molecule has 0 aliphatic heterocycles. The minimum Gasteiger partial charge on any atom is -0.507 e. The number of anilines is 1. The van der Waals surface area contributed by atoms with Crippen LogP contribution in [0.2, 0.25) is 0 Å². The van der Waals surface area contributed by atoms with Gasteiger partial charge in [0.15, 0.2) is 11.5 Å². The smallest absolute Gasteiger partial charge is 0.339 e. The molecule has 10 heteroatoms. The Morgan fingerprint density at radius 3 is 2.00 bits per heavy atom. The summed E-state index contributed by atoms with van der Waals surface area (Å²) in [5.74, 6) is -6.41. The molecule has 162 valence electrons. The summed E-state index contributed by atoms with van der Waals surface area (Å²) in [6.07, 6.45) is 3.33. The molecule has 0 spiro atoms. The highest BCUT2D eigenvalue weighted by Gasteiger charge is 2.24. The number of allylic oxidation sites excluding steroid dienone is 4. The number of carbonyl (C=O) groups excluding carboxylic acids is 1. The number of rotatable bonds is 5. The van der Waals surface area contributed by atoms with E-state index in [4.69, 9.17) is 5.73 Å². The number of aliphatic carboxylic acids is 1. The summed E-state index contributed by atoms with van der Waals surface area (Å²) in [6, 6.07) is 5.81. The van der Waals surface area contributed by atoms with Crippen molar-refractivity contribution in [2.75, 3.05) is 5.73 Å². The summed E-state index contributed by atoms with van der Waals surface area (Å²) in [4.78, 5) is 46.4. The molecule has 0 atom stereocenters. The second-order valence-corrected chi connectivity index (χ2v) is 6.69. The number of carboxylic acid groups (broad SMARTS) is 3. The van der Waals surface area contributed by atoms with Crippen LogP contribution in [0, 0.1) is 0 Å². The van der Waals surface area contributed by atoms with Crippen molar-refractivity contribution in [2.45, 2.75) is 0 Å². The van der Waals surface area contributed by atoms with Crippen LogP contribution in [-0.2, 0) is 9.59 Å². The van der Waals surface area contributed by atoms with Gasteiger partial charge in [0.2, 0.25) is 0 Å². The van der Waals surface area contributed by atoms with Crippen molar-refractivity contribution >= 4 is 35.0 Å². The van der Waals surface area contributed by atoms with Crippen molar-refractivity contribution in [1.29, 1.82) is 0 Å². The molecule has 32 heavy (non-hydrogen) atoms. The molecule has 2 aromatic rings. The molecule has 3 rings (SSSR count). The van der Waals surface area contributed by atoms with Gasteiger partial charge >= 0.3 is 17.9 Å². The van der Waals surface area contributed by atoms with Gasteiger partial charge < -0.3 is 31.3 Å². The van der Waals surface area contributed by atoms with Crippen molar-refractivity contribution in [3.05, 3.63) is 82.0 Å². The van der Waals surface area contributed by atoms with Crippen LogP contribution in [0.1, 0.15) is 31.8 Å². The maximum absolute atomic E-state index is 11.9. The third-order valence-electron chi connectivity index (χ3n) is 4.67.